The maximum atomic E-state index is 12.1. The highest BCUT2D eigenvalue weighted by atomic mass is 32.1. The molecule has 1 atom stereocenters. The first-order valence-corrected chi connectivity index (χ1v) is 6.67. The Morgan fingerprint density at radius 1 is 1.47 bits per heavy atom. The van der Waals surface area contributed by atoms with Crippen molar-refractivity contribution in [2.45, 2.75) is 46.3 Å². The van der Waals surface area contributed by atoms with Crippen LogP contribution in [0.15, 0.2) is 5.38 Å². The summed E-state index contributed by atoms with van der Waals surface area (Å²) < 4.78 is 5.23. The van der Waals surface area contributed by atoms with Gasteiger partial charge in [0.1, 0.15) is 11.6 Å². The van der Waals surface area contributed by atoms with Gasteiger partial charge in [0.05, 0.1) is 5.69 Å². The minimum atomic E-state index is -1.11. The largest absolute Gasteiger partial charge is 0.480 e. The predicted molar refractivity (Wildman–Crippen MR) is 72.7 cm³/mol. The number of ether oxygens (including phenoxy) is 1. The van der Waals surface area contributed by atoms with Crippen LogP contribution in [0.2, 0.25) is 0 Å². The van der Waals surface area contributed by atoms with Crippen molar-refractivity contribution >= 4 is 28.5 Å². The Morgan fingerprint density at radius 3 is 2.42 bits per heavy atom. The van der Waals surface area contributed by atoms with Crippen LogP contribution in [0.3, 0.4) is 0 Å². The molecule has 0 aliphatic heterocycles. The summed E-state index contributed by atoms with van der Waals surface area (Å²) in [5, 5.41) is 11.2. The van der Waals surface area contributed by atoms with Crippen LogP contribution in [0, 0.1) is 6.92 Å². The van der Waals surface area contributed by atoms with Crippen LogP contribution in [0.1, 0.15) is 33.4 Å². The van der Waals surface area contributed by atoms with Gasteiger partial charge in [0.2, 0.25) is 0 Å². The van der Waals surface area contributed by atoms with Gasteiger partial charge in [-0.15, -0.1) is 11.3 Å². The summed E-state index contributed by atoms with van der Waals surface area (Å²) in [5.41, 5.74) is 0.0333. The van der Waals surface area contributed by atoms with Gasteiger partial charge >= 0.3 is 12.1 Å². The van der Waals surface area contributed by atoms with E-state index < -0.39 is 23.7 Å². The Balaban J connectivity index is 3.06. The summed E-state index contributed by atoms with van der Waals surface area (Å²) in [6.07, 6.45) is -0.711. The van der Waals surface area contributed by atoms with Crippen molar-refractivity contribution < 1.29 is 19.4 Å². The summed E-state index contributed by atoms with van der Waals surface area (Å²) in [6, 6.07) is -1.04. The van der Waals surface area contributed by atoms with E-state index in [-0.39, 0.29) is 0 Å². The van der Waals surface area contributed by atoms with E-state index in [2.05, 4.69) is 4.98 Å². The number of anilines is 1. The van der Waals surface area contributed by atoms with Gasteiger partial charge in [-0.2, -0.15) is 0 Å². The van der Waals surface area contributed by atoms with E-state index in [0.717, 1.165) is 10.6 Å². The van der Waals surface area contributed by atoms with Crippen LogP contribution in [-0.4, -0.2) is 33.8 Å². The number of carboxylic acid groups (broad SMARTS) is 1. The van der Waals surface area contributed by atoms with Crippen LogP contribution in [0.4, 0.5) is 9.93 Å². The molecule has 1 aromatic rings. The zero-order valence-corrected chi connectivity index (χ0v) is 12.4. The summed E-state index contributed by atoms with van der Waals surface area (Å²) >= 11 is 1.21. The molecule has 19 heavy (non-hydrogen) atoms. The topological polar surface area (TPSA) is 79.7 Å². The van der Waals surface area contributed by atoms with Crippen molar-refractivity contribution in [2.75, 3.05) is 4.90 Å². The zero-order valence-electron chi connectivity index (χ0n) is 11.6. The molecule has 0 saturated heterocycles. The molecule has 1 unspecified atom stereocenters. The molecule has 1 amide bonds. The number of aliphatic carboxylic acids is 1. The molecule has 0 saturated carbocycles. The predicted octanol–water partition coefficient (Wildman–Crippen LogP) is 2.67. The Kier molecular flexibility index (Phi) is 4.52. The van der Waals surface area contributed by atoms with Crippen LogP contribution in [-0.2, 0) is 9.53 Å². The fraction of sp³-hybridized carbons (Fsp3) is 0.583. The van der Waals surface area contributed by atoms with E-state index in [1.165, 1.54) is 18.3 Å². The number of carbonyl (C=O) groups is 2. The second-order valence-electron chi connectivity index (χ2n) is 5.14. The summed E-state index contributed by atoms with van der Waals surface area (Å²) in [5.74, 6) is -1.11. The van der Waals surface area contributed by atoms with Gasteiger partial charge in [-0.25, -0.2) is 19.5 Å². The standard InChI is InChI=1S/C12H18N2O4S/c1-7-6-19-10(13-7)14(8(2)9(15)16)11(17)18-12(3,4)5/h6,8H,1-5H3,(H,15,16). The van der Waals surface area contributed by atoms with Gasteiger partial charge in [-0.1, -0.05) is 0 Å². The number of nitrogens with zero attached hydrogens (tertiary/aromatic N) is 2. The molecule has 1 N–H and O–H groups in total. The lowest BCUT2D eigenvalue weighted by atomic mass is 10.2. The second kappa shape index (κ2) is 5.56. The summed E-state index contributed by atoms with van der Waals surface area (Å²) in [4.78, 5) is 28.4. The molecule has 1 rings (SSSR count). The van der Waals surface area contributed by atoms with Crippen molar-refractivity contribution in [3.63, 3.8) is 0 Å². The molecule has 0 spiro atoms. The fourth-order valence-electron chi connectivity index (χ4n) is 1.28. The normalized spacial score (nSPS) is 12.9. The Bertz CT molecular complexity index is 478. The Hall–Kier alpha value is -1.63. The highest BCUT2D eigenvalue weighted by Gasteiger charge is 2.32. The number of rotatable bonds is 3. The first kappa shape index (κ1) is 15.4. The van der Waals surface area contributed by atoms with E-state index in [1.54, 1.807) is 33.1 Å². The Labute approximate surface area is 116 Å². The second-order valence-corrected chi connectivity index (χ2v) is 5.97. The van der Waals surface area contributed by atoms with E-state index >= 15 is 0 Å². The van der Waals surface area contributed by atoms with Crippen LogP contribution >= 0.6 is 11.3 Å². The third kappa shape index (κ3) is 4.20. The first-order chi connectivity index (χ1) is 8.61. The zero-order chi connectivity index (χ0) is 14.8. The highest BCUT2D eigenvalue weighted by Crippen LogP contribution is 2.24. The molecular formula is C12H18N2O4S. The van der Waals surface area contributed by atoms with Gasteiger partial charge in [0.15, 0.2) is 5.13 Å². The number of hydrogen-bond acceptors (Lipinski definition) is 5. The highest BCUT2D eigenvalue weighted by molar-refractivity contribution is 7.14. The molecule has 1 aromatic heterocycles. The lowest BCUT2D eigenvalue weighted by molar-refractivity contribution is -0.138. The molecule has 6 nitrogen and oxygen atoms in total. The van der Waals surface area contributed by atoms with E-state index in [4.69, 9.17) is 9.84 Å². The SMILES string of the molecule is Cc1csc(N(C(=O)OC(C)(C)C)C(C)C(=O)O)n1. The molecule has 0 bridgehead atoms. The number of aromatic nitrogens is 1. The third-order valence-electron chi connectivity index (χ3n) is 2.15. The molecule has 0 aromatic carbocycles. The van der Waals surface area contributed by atoms with Gasteiger partial charge < -0.3 is 9.84 Å². The van der Waals surface area contributed by atoms with Crippen LogP contribution < -0.4 is 4.90 Å². The number of carboxylic acids is 1. The lowest BCUT2D eigenvalue weighted by Gasteiger charge is -2.27. The van der Waals surface area contributed by atoms with Gasteiger partial charge in [0.25, 0.3) is 0 Å². The molecule has 7 heteroatoms. The smallest absolute Gasteiger partial charge is 0.417 e. The van der Waals surface area contributed by atoms with Crippen molar-refractivity contribution in [1.82, 2.24) is 4.98 Å². The van der Waals surface area contributed by atoms with Gasteiger partial charge in [-0.3, -0.25) is 0 Å². The minimum Gasteiger partial charge on any atom is -0.480 e. The number of thiazole rings is 1. The average Bonchev–Trinajstić information content (AvgIpc) is 2.61. The quantitative estimate of drug-likeness (QED) is 0.924. The number of carbonyl (C=O) groups excluding carboxylic acids is 1. The average molecular weight is 286 g/mol. The minimum absolute atomic E-state index is 0.321. The number of hydrogen-bond donors (Lipinski definition) is 1. The third-order valence-corrected chi connectivity index (χ3v) is 3.11. The first-order valence-electron chi connectivity index (χ1n) is 5.79. The molecule has 0 aliphatic rings. The molecule has 0 fully saturated rings. The molecule has 106 valence electrons. The van der Waals surface area contributed by atoms with Crippen molar-refractivity contribution in [3.8, 4) is 0 Å². The molecular weight excluding hydrogens is 268 g/mol. The molecule has 1 heterocycles. The van der Waals surface area contributed by atoms with Crippen LogP contribution in [0.5, 0.6) is 0 Å². The molecule has 0 radical (unpaired) electrons. The maximum Gasteiger partial charge on any atom is 0.417 e. The van der Waals surface area contributed by atoms with Crippen LogP contribution in [0.25, 0.3) is 0 Å². The van der Waals surface area contributed by atoms with Crippen molar-refractivity contribution in [1.29, 1.82) is 0 Å². The van der Waals surface area contributed by atoms with Crippen molar-refractivity contribution in [3.05, 3.63) is 11.1 Å². The van der Waals surface area contributed by atoms with Gasteiger partial charge in [0, 0.05) is 5.38 Å². The number of aryl methyl sites for hydroxylation is 1. The monoisotopic (exact) mass is 286 g/mol. The van der Waals surface area contributed by atoms with Crippen molar-refractivity contribution in [2.24, 2.45) is 0 Å². The number of amides is 1. The maximum absolute atomic E-state index is 12.1. The Morgan fingerprint density at radius 2 is 2.05 bits per heavy atom. The van der Waals surface area contributed by atoms with E-state index in [9.17, 15) is 9.59 Å². The molecule has 0 aliphatic carbocycles. The van der Waals surface area contributed by atoms with E-state index in [1.807, 2.05) is 0 Å². The lowest BCUT2D eigenvalue weighted by Crippen LogP contribution is -2.46. The summed E-state index contributed by atoms with van der Waals surface area (Å²) in [6.45, 7) is 8.37. The fourth-order valence-corrected chi connectivity index (χ4v) is 2.15. The summed E-state index contributed by atoms with van der Waals surface area (Å²) in [7, 11) is 0. The van der Waals surface area contributed by atoms with Gasteiger partial charge in [-0.05, 0) is 34.6 Å². The van der Waals surface area contributed by atoms with E-state index in [0.29, 0.717) is 5.13 Å².